The van der Waals surface area contributed by atoms with Gasteiger partial charge in [-0.15, -0.1) is 0 Å². The highest BCUT2D eigenvalue weighted by Crippen LogP contribution is 2.26. The summed E-state index contributed by atoms with van der Waals surface area (Å²) in [4.78, 5) is 38.3. The second-order valence-electron chi connectivity index (χ2n) is 6.82. The molecule has 1 atom stereocenters. The van der Waals surface area contributed by atoms with E-state index >= 15 is 0 Å². The number of hydrogen-bond donors (Lipinski definition) is 0. The van der Waals surface area contributed by atoms with E-state index in [-0.39, 0.29) is 28.6 Å². The maximum atomic E-state index is 12.6. The minimum absolute atomic E-state index is 0.115. The lowest BCUT2D eigenvalue weighted by atomic mass is 10.1. The SMILES string of the molecule is Cc1ccc2c(c1)C(=O)N(C(C)C(=O)OCc1ccc(S(=O)(=O)N(C)C)o1)C2=O. The number of sulfonamides is 1. The number of amides is 2. The molecule has 154 valence electrons. The zero-order chi connectivity index (χ0) is 21.5. The van der Waals surface area contributed by atoms with Crippen LogP contribution in [-0.2, 0) is 26.2 Å². The molecule has 2 aromatic rings. The van der Waals surface area contributed by atoms with Crippen LogP contribution in [0.1, 0.15) is 39.0 Å². The summed E-state index contributed by atoms with van der Waals surface area (Å²) in [6, 6.07) is 6.35. The van der Waals surface area contributed by atoms with Crippen molar-refractivity contribution in [2.24, 2.45) is 0 Å². The van der Waals surface area contributed by atoms with Gasteiger partial charge in [0.2, 0.25) is 5.09 Å². The quantitative estimate of drug-likeness (QED) is 0.515. The van der Waals surface area contributed by atoms with Crippen molar-refractivity contribution in [3.05, 3.63) is 52.8 Å². The molecule has 0 bridgehead atoms. The molecule has 1 aromatic heterocycles. The van der Waals surface area contributed by atoms with Crippen LogP contribution < -0.4 is 0 Å². The minimum Gasteiger partial charge on any atom is -0.456 e. The van der Waals surface area contributed by atoms with Crippen LogP contribution in [0.3, 0.4) is 0 Å². The van der Waals surface area contributed by atoms with E-state index in [0.717, 1.165) is 14.8 Å². The van der Waals surface area contributed by atoms with Gasteiger partial charge in [-0.05, 0) is 38.1 Å². The number of ether oxygens (including phenoxy) is 1. The first-order chi connectivity index (χ1) is 13.5. The molecular formula is C19H20N2O7S. The Morgan fingerprint density at radius 3 is 2.45 bits per heavy atom. The predicted molar refractivity (Wildman–Crippen MR) is 101 cm³/mol. The normalized spacial score (nSPS) is 15.0. The van der Waals surface area contributed by atoms with Crippen LogP contribution in [0.25, 0.3) is 0 Å². The van der Waals surface area contributed by atoms with Crippen LogP contribution in [0.5, 0.6) is 0 Å². The van der Waals surface area contributed by atoms with Crippen LogP contribution >= 0.6 is 0 Å². The fourth-order valence-corrected chi connectivity index (χ4v) is 3.66. The van der Waals surface area contributed by atoms with Crippen LogP contribution in [0.2, 0.25) is 0 Å². The standard InChI is InChI=1S/C19H20N2O7S/c1-11-5-7-14-15(9-11)18(23)21(17(14)22)12(2)19(24)27-10-13-6-8-16(28-13)29(25,26)20(3)4/h5-9,12H,10H2,1-4H3. The molecule has 0 spiro atoms. The molecule has 1 aromatic carbocycles. The molecular weight excluding hydrogens is 400 g/mol. The fourth-order valence-electron chi connectivity index (χ4n) is 2.85. The largest absolute Gasteiger partial charge is 0.456 e. The van der Waals surface area contributed by atoms with Crippen molar-refractivity contribution in [1.29, 1.82) is 0 Å². The van der Waals surface area contributed by atoms with Crippen molar-refractivity contribution >= 4 is 27.8 Å². The summed E-state index contributed by atoms with van der Waals surface area (Å²) >= 11 is 0. The Bertz CT molecular complexity index is 1100. The van der Waals surface area contributed by atoms with Gasteiger partial charge in [-0.1, -0.05) is 11.6 Å². The number of furan rings is 1. The molecule has 0 fully saturated rings. The summed E-state index contributed by atoms with van der Waals surface area (Å²) in [6.07, 6.45) is 0. The average Bonchev–Trinajstić information content (AvgIpc) is 3.23. The maximum Gasteiger partial charge on any atom is 0.329 e. The number of carbonyl (C=O) groups excluding carboxylic acids is 3. The van der Waals surface area contributed by atoms with Crippen molar-refractivity contribution < 1.29 is 32.0 Å². The molecule has 10 heteroatoms. The van der Waals surface area contributed by atoms with Gasteiger partial charge in [-0.2, -0.15) is 0 Å². The van der Waals surface area contributed by atoms with Crippen molar-refractivity contribution in [3.63, 3.8) is 0 Å². The Morgan fingerprint density at radius 2 is 1.79 bits per heavy atom. The predicted octanol–water partition coefficient (Wildman–Crippen LogP) is 1.57. The number of hydrogen-bond acceptors (Lipinski definition) is 7. The van der Waals surface area contributed by atoms with Crippen molar-refractivity contribution in [1.82, 2.24) is 9.21 Å². The number of carbonyl (C=O) groups is 3. The molecule has 0 N–H and O–H groups in total. The van der Waals surface area contributed by atoms with E-state index in [4.69, 9.17) is 9.15 Å². The highest BCUT2D eigenvalue weighted by atomic mass is 32.2. The molecule has 2 heterocycles. The van der Waals surface area contributed by atoms with Crippen LogP contribution in [0.4, 0.5) is 0 Å². The van der Waals surface area contributed by atoms with Gasteiger partial charge in [-0.3, -0.25) is 14.5 Å². The van der Waals surface area contributed by atoms with E-state index in [1.807, 2.05) is 0 Å². The zero-order valence-corrected chi connectivity index (χ0v) is 17.1. The van der Waals surface area contributed by atoms with Gasteiger partial charge < -0.3 is 9.15 Å². The first-order valence-corrected chi connectivity index (χ1v) is 10.1. The number of imide groups is 1. The van der Waals surface area contributed by atoms with E-state index in [2.05, 4.69) is 0 Å². The molecule has 29 heavy (non-hydrogen) atoms. The topological polar surface area (TPSA) is 114 Å². The molecule has 9 nitrogen and oxygen atoms in total. The van der Waals surface area contributed by atoms with E-state index in [9.17, 15) is 22.8 Å². The van der Waals surface area contributed by atoms with Crippen LogP contribution in [0, 0.1) is 6.92 Å². The average molecular weight is 420 g/mol. The summed E-state index contributed by atoms with van der Waals surface area (Å²) in [5.41, 5.74) is 1.31. The molecule has 2 amide bonds. The summed E-state index contributed by atoms with van der Waals surface area (Å²) in [7, 11) is -1.02. The van der Waals surface area contributed by atoms with E-state index in [0.29, 0.717) is 0 Å². The molecule has 1 aliphatic rings. The Labute approximate surface area is 167 Å². The first-order valence-electron chi connectivity index (χ1n) is 8.70. The molecule has 0 saturated carbocycles. The van der Waals surface area contributed by atoms with E-state index in [1.165, 1.54) is 33.2 Å². The summed E-state index contributed by atoms with van der Waals surface area (Å²) in [5.74, 6) is -1.82. The lowest BCUT2D eigenvalue weighted by Crippen LogP contribution is -2.43. The smallest absolute Gasteiger partial charge is 0.329 e. The van der Waals surface area contributed by atoms with Gasteiger partial charge in [0.1, 0.15) is 18.4 Å². The first kappa shape index (κ1) is 20.7. The Kier molecular flexibility index (Phi) is 5.33. The molecule has 0 saturated heterocycles. The zero-order valence-electron chi connectivity index (χ0n) is 16.3. The van der Waals surface area contributed by atoms with E-state index < -0.39 is 33.8 Å². The number of fused-ring (bicyclic) bond motifs is 1. The number of esters is 1. The number of aryl methyl sites for hydroxylation is 1. The summed E-state index contributed by atoms with van der Waals surface area (Å²) in [6.45, 7) is 2.85. The third kappa shape index (κ3) is 3.68. The maximum absolute atomic E-state index is 12.6. The Balaban J connectivity index is 1.69. The molecule has 3 rings (SSSR count). The monoisotopic (exact) mass is 420 g/mol. The molecule has 1 unspecified atom stereocenters. The highest BCUT2D eigenvalue weighted by molar-refractivity contribution is 7.88. The number of benzene rings is 1. The number of nitrogens with zero attached hydrogens (tertiary/aromatic N) is 2. The second kappa shape index (κ2) is 7.45. The van der Waals surface area contributed by atoms with Gasteiger partial charge in [-0.25, -0.2) is 17.5 Å². The van der Waals surface area contributed by atoms with Gasteiger partial charge >= 0.3 is 5.97 Å². The molecule has 0 radical (unpaired) electrons. The van der Waals surface area contributed by atoms with Crippen molar-refractivity contribution in [3.8, 4) is 0 Å². The van der Waals surface area contributed by atoms with E-state index in [1.54, 1.807) is 25.1 Å². The third-order valence-corrected chi connectivity index (χ3v) is 6.22. The summed E-state index contributed by atoms with van der Waals surface area (Å²) in [5, 5.41) is -0.280. The number of rotatable bonds is 6. The van der Waals surface area contributed by atoms with Crippen LogP contribution in [0.15, 0.2) is 39.8 Å². The lowest BCUT2D eigenvalue weighted by Gasteiger charge is -2.20. The minimum atomic E-state index is -3.74. The Morgan fingerprint density at radius 1 is 1.14 bits per heavy atom. The second-order valence-corrected chi connectivity index (χ2v) is 8.90. The van der Waals surface area contributed by atoms with Gasteiger partial charge in [0, 0.05) is 14.1 Å². The Hall–Kier alpha value is -2.98. The van der Waals surface area contributed by atoms with Gasteiger partial charge in [0.15, 0.2) is 0 Å². The summed E-state index contributed by atoms with van der Waals surface area (Å²) < 4.78 is 35.4. The van der Waals surface area contributed by atoms with Crippen LogP contribution in [-0.4, -0.2) is 55.5 Å². The van der Waals surface area contributed by atoms with Gasteiger partial charge in [0.25, 0.3) is 21.8 Å². The van der Waals surface area contributed by atoms with Crippen molar-refractivity contribution in [2.45, 2.75) is 31.6 Å². The highest BCUT2D eigenvalue weighted by Gasteiger charge is 2.41. The molecule has 0 aliphatic carbocycles. The lowest BCUT2D eigenvalue weighted by molar-refractivity contribution is -0.149. The van der Waals surface area contributed by atoms with Crippen molar-refractivity contribution in [2.75, 3.05) is 14.1 Å². The van der Waals surface area contributed by atoms with Gasteiger partial charge in [0.05, 0.1) is 11.1 Å². The third-order valence-electron chi connectivity index (χ3n) is 4.53. The molecule has 1 aliphatic heterocycles. The fraction of sp³-hybridized carbons (Fsp3) is 0.316.